The monoisotopic (exact) mass is 506 g/mol. The number of aromatic amines is 1. The summed E-state index contributed by atoms with van der Waals surface area (Å²) >= 11 is 6.31. The first-order valence-electron chi connectivity index (χ1n) is 11.2. The zero-order valence-electron chi connectivity index (χ0n) is 19.4. The number of methoxy groups -OCH3 is 1. The largest absolute Gasteiger partial charge is 0.497 e. The number of nitrogens with zero attached hydrogens (tertiary/aromatic N) is 1. The molecule has 0 aliphatic carbocycles. The third kappa shape index (κ3) is 5.72. The number of aromatic nitrogens is 2. The molecule has 0 radical (unpaired) electrons. The smallest absolute Gasteiger partial charge is 0.335 e. The van der Waals surface area contributed by atoms with E-state index in [4.69, 9.17) is 26.2 Å². The Labute approximate surface area is 211 Å². The minimum absolute atomic E-state index is 0.0258. The average Bonchev–Trinajstić information content (AvgIpc) is 2.88. The van der Waals surface area contributed by atoms with Crippen molar-refractivity contribution in [2.45, 2.75) is 19.3 Å². The molecular weight excluding hydrogens is 484 g/mol. The molecule has 0 unspecified atom stereocenters. The molecule has 9 heteroatoms. The van der Waals surface area contributed by atoms with Crippen LogP contribution in [0.5, 0.6) is 11.5 Å². The minimum atomic E-state index is -0.995. The Kier molecular flexibility index (Phi) is 7.65. The van der Waals surface area contributed by atoms with Gasteiger partial charge in [0, 0.05) is 12.8 Å². The zero-order valence-corrected chi connectivity index (χ0v) is 20.2. The van der Waals surface area contributed by atoms with Crippen LogP contribution in [0.3, 0.4) is 0 Å². The topological polar surface area (TPSA) is 119 Å². The summed E-state index contributed by atoms with van der Waals surface area (Å²) in [5, 5.41) is 9.41. The summed E-state index contributed by atoms with van der Waals surface area (Å²) in [6, 6.07) is 17.0. The Balaban J connectivity index is 1.49. The van der Waals surface area contributed by atoms with Crippen molar-refractivity contribution in [1.29, 1.82) is 0 Å². The van der Waals surface area contributed by atoms with E-state index in [1.54, 1.807) is 31.4 Å². The first kappa shape index (κ1) is 24.9. The van der Waals surface area contributed by atoms with Gasteiger partial charge in [0.25, 0.3) is 5.56 Å². The number of halogens is 1. The van der Waals surface area contributed by atoms with E-state index in [1.807, 2.05) is 24.3 Å². The Morgan fingerprint density at radius 3 is 2.53 bits per heavy atom. The summed E-state index contributed by atoms with van der Waals surface area (Å²) < 4.78 is 11.0. The second-order valence-corrected chi connectivity index (χ2v) is 8.47. The molecule has 0 fully saturated rings. The van der Waals surface area contributed by atoms with Gasteiger partial charge in [-0.1, -0.05) is 35.9 Å². The number of benzene rings is 3. The van der Waals surface area contributed by atoms with E-state index in [0.717, 1.165) is 11.1 Å². The lowest BCUT2D eigenvalue weighted by molar-refractivity contribution is 0.0696. The number of nitrogens with one attached hydrogen (secondary N) is 1. The maximum Gasteiger partial charge on any atom is 0.335 e. The summed E-state index contributed by atoms with van der Waals surface area (Å²) in [5.74, 6) is -0.425. The van der Waals surface area contributed by atoms with Crippen LogP contribution in [-0.4, -0.2) is 40.5 Å². The van der Waals surface area contributed by atoms with Gasteiger partial charge in [-0.15, -0.1) is 0 Å². The normalized spacial score (nSPS) is 10.8. The minimum Gasteiger partial charge on any atom is -0.497 e. The van der Waals surface area contributed by atoms with Crippen molar-refractivity contribution in [1.82, 2.24) is 9.97 Å². The maximum absolute atomic E-state index is 12.9. The number of Topliss-reactive ketones (excluding diaryl/α,β-unsaturated/α-hetero) is 1. The number of fused-ring (bicyclic) bond motifs is 1. The number of aryl methyl sites for hydroxylation is 1. The second kappa shape index (κ2) is 11.0. The molecule has 8 nitrogen and oxygen atoms in total. The van der Waals surface area contributed by atoms with Gasteiger partial charge in [0.2, 0.25) is 0 Å². The van der Waals surface area contributed by atoms with E-state index < -0.39 is 11.5 Å². The molecule has 4 rings (SSSR count). The van der Waals surface area contributed by atoms with Crippen molar-refractivity contribution in [3.05, 3.63) is 98.6 Å². The molecule has 3 aromatic carbocycles. The first-order valence-corrected chi connectivity index (χ1v) is 11.6. The van der Waals surface area contributed by atoms with Gasteiger partial charge >= 0.3 is 5.97 Å². The van der Waals surface area contributed by atoms with Crippen molar-refractivity contribution in [3.63, 3.8) is 0 Å². The predicted molar refractivity (Wildman–Crippen MR) is 136 cm³/mol. The summed E-state index contributed by atoms with van der Waals surface area (Å²) in [6.07, 6.45) is 1.11. The van der Waals surface area contributed by atoms with E-state index >= 15 is 0 Å². The number of ether oxygens (including phenoxy) is 2. The third-order valence-corrected chi connectivity index (χ3v) is 5.95. The Morgan fingerprint density at radius 2 is 1.81 bits per heavy atom. The van der Waals surface area contributed by atoms with Crippen molar-refractivity contribution in [2.24, 2.45) is 0 Å². The van der Waals surface area contributed by atoms with Crippen LogP contribution in [0.4, 0.5) is 0 Å². The Bertz CT molecular complexity index is 1480. The standard InChI is InChI=1S/C27H23ClN2O6/c1-35-19-4-2-3-17(15-19)7-12-22(31)25-29-21-11-10-20(28)24(23(21)26(32)30-25)36-14-13-16-5-8-18(9-6-16)27(33)34/h2-6,8-11,15H,7,12-14H2,1H3,(H,33,34)(H,29,30,32). The van der Waals surface area contributed by atoms with Crippen LogP contribution < -0.4 is 15.0 Å². The summed E-state index contributed by atoms with van der Waals surface area (Å²) in [4.78, 5) is 43.6. The lowest BCUT2D eigenvalue weighted by atomic mass is 10.1. The number of H-pyrrole nitrogens is 1. The molecule has 4 aromatic rings. The lowest BCUT2D eigenvalue weighted by Gasteiger charge is -2.11. The fraction of sp³-hybridized carbons (Fsp3) is 0.185. The van der Waals surface area contributed by atoms with E-state index in [2.05, 4.69) is 9.97 Å². The zero-order chi connectivity index (χ0) is 25.7. The molecule has 0 spiro atoms. The number of carbonyl (C=O) groups is 2. The molecule has 2 N–H and O–H groups in total. The van der Waals surface area contributed by atoms with Crippen molar-refractivity contribution in [2.75, 3.05) is 13.7 Å². The summed E-state index contributed by atoms with van der Waals surface area (Å²) in [7, 11) is 1.58. The van der Waals surface area contributed by atoms with Gasteiger partial charge < -0.3 is 19.6 Å². The highest BCUT2D eigenvalue weighted by Gasteiger charge is 2.17. The van der Waals surface area contributed by atoms with E-state index in [9.17, 15) is 14.4 Å². The molecule has 0 bridgehead atoms. The highest BCUT2D eigenvalue weighted by molar-refractivity contribution is 6.33. The van der Waals surface area contributed by atoms with Crippen molar-refractivity contribution < 1.29 is 24.2 Å². The number of rotatable bonds is 10. The fourth-order valence-corrected chi connectivity index (χ4v) is 3.95. The molecule has 1 heterocycles. The molecule has 0 atom stereocenters. The van der Waals surface area contributed by atoms with Crippen LogP contribution in [0.2, 0.25) is 5.02 Å². The number of hydrogen-bond acceptors (Lipinski definition) is 6. The van der Waals surface area contributed by atoms with Gasteiger partial charge in [0.1, 0.15) is 11.1 Å². The quantitative estimate of drug-likeness (QED) is 0.299. The number of carboxylic acids is 1. The van der Waals surface area contributed by atoms with Crippen LogP contribution in [-0.2, 0) is 12.8 Å². The summed E-state index contributed by atoms with van der Waals surface area (Å²) in [5.41, 5.74) is 1.78. The number of carbonyl (C=O) groups excluding carboxylic acids is 1. The molecule has 184 valence electrons. The van der Waals surface area contributed by atoms with Gasteiger partial charge in [0.05, 0.1) is 29.8 Å². The van der Waals surface area contributed by atoms with Gasteiger partial charge in [0.15, 0.2) is 17.4 Å². The third-order valence-electron chi connectivity index (χ3n) is 5.66. The number of hydrogen-bond donors (Lipinski definition) is 2. The Morgan fingerprint density at radius 1 is 1.03 bits per heavy atom. The molecular formula is C27H23ClN2O6. The molecule has 0 aliphatic heterocycles. The van der Waals surface area contributed by atoms with Crippen molar-refractivity contribution >= 4 is 34.3 Å². The average molecular weight is 507 g/mol. The van der Waals surface area contributed by atoms with Gasteiger partial charge in [-0.05, 0) is 53.9 Å². The first-order chi connectivity index (χ1) is 17.4. The van der Waals surface area contributed by atoms with E-state index in [0.29, 0.717) is 24.1 Å². The van der Waals surface area contributed by atoms with Crippen LogP contribution in [0.15, 0.2) is 65.5 Å². The number of carboxylic acid groups (broad SMARTS) is 1. The lowest BCUT2D eigenvalue weighted by Crippen LogP contribution is -2.17. The van der Waals surface area contributed by atoms with Gasteiger partial charge in [-0.2, -0.15) is 0 Å². The molecule has 36 heavy (non-hydrogen) atoms. The maximum atomic E-state index is 12.9. The highest BCUT2D eigenvalue weighted by Crippen LogP contribution is 2.31. The van der Waals surface area contributed by atoms with Crippen LogP contribution in [0, 0.1) is 0 Å². The van der Waals surface area contributed by atoms with Crippen LogP contribution in [0.1, 0.15) is 38.5 Å². The van der Waals surface area contributed by atoms with E-state index in [1.165, 1.54) is 12.1 Å². The number of aromatic carboxylic acids is 1. The van der Waals surface area contributed by atoms with Gasteiger partial charge in [-0.3, -0.25) is 9.59 Å². The molecule has 0 saturated carbocycles. The second-order valence-electron chi connectivity index (χ2n) is 8.06. The number of ketones is 1. The molecule has 0 saturated heterocycles. The molecule has 0 aliphatic rings. The SMILES string of the molecule is COc1cccc(CCC(=O)c2nc3ccc(Cl)c(OCCc4ccc(C(=O)O)cc4)c3c(=O)[nH]2)c1. The molecule has 1 aromatic heterocycles. The van der Waals surface area contributed by atoms with Crippen LogP contribution >= 0.6 is 11.6 Å². The Hall–Kier alpha value is -4.17. The van der Waals surface area contributed by atoms with Crippen molar-refractivity contribution in [3.8, 4) is 11.5 Å². The van der Waals surface area contributed by atoms with E-state index in [-0.39, 0.29) is 46.4 Å². The molecule has 0 amide bonds. The highest BCUT2D eigenvalue weighted by atomic mass is 35.5. The predicted octanol–water partition coefficient (Wildman–Crippen LogP) is 4.72. The summed E-state index contributed by atoms with van der Waals surface area (Å²) in [6.45, 7) is 0.200. The van der Waals surface area contributed by atoms with Crippen LogP contribution in [0.25, 0.3) is 10.9 Å². The fourth-order valence-electron chi connectivity index (χ4n) is 3.74. The van der Waals surface area contributed by atoms with Gasteiger partial charge in [-0.25, -0.2) is 9.78 Å².